The van der Waals surface area contributed by atoms with E-state index in [1.807, 2.05) is 30.3 Å². The van der Waals surface area contributed by atoms with Crippen LogP contribution in [0.5, 0.6) is 11.5 Å². The number of rotatable bonds is 10. The zero-order valence-corrected chi connectivity index (χ0v) is 20.5. The van der Waals surface area contributed by atoms with E-state index in [9.17, 15) is 4.79 Å². The number of aldehydes is 1. The average molecular weight is 485 g/mol. The number of methoxy groups -OCH3 is 1. The Morgan fingerprint density at radius 2 is 1.88 bits per heavy atom. The summed E-state index contributed by atoms with van der Waals surface area (Å²) in [5.74, 6) is 1.93. The van der Waals surface area contributed by atoms with E-state index < -0.39 is 0 Å². The first-order valence-corrected chi connectivity index (χ1v) is 12.1. The highest BCUT2D eigenvalue weighted by Crippen LogP contribution is 2.44. The van der Waals surface area contributed by atoms with Crippen molar-refractivity contribution < 1.29 is 18.8 Å². The first kappa shape index (κ1) is 24.6. The monoisotopic (exact) mass is 484 g/mol. The summed E-state index contributed by atoms with van der Waals surface area (Å²) in [5.41, 5.74) is 2.99. The van der Waals surface area contributed by atoms with Crippen LogP contribution in [-0.4, -0.2) is 48.7 Å². The molecule has 6 nitrogen and oxygen atoms in total. The van der Waals surface area contributed by atoms with Gasteiger partial charge in [-0.1, -0.05) is 23.4 Å². The molecule has 1 aromatic heterocycles. The second-order valence-electron chi connectivity index (χ2n) is 9.27. The minimum absolute atomic E-state index is 0. The van der Waals surface area contributed by atoms with E-state index in [2.05, 4.69) is 22.2 Å². The first-order valence-electron chi connectivity index (χ1n) is 12.1. The molecule has 0 aliphatic carbocycles. The van der Waals surface area contributed by atoms with Gasteiger partial charge in [-0.2, -0.15) is 0 Å². The zero-order chi connectivity index (χ0) is 22.6. The second-order valence-corrected chi connectivity index (χ2v) is 9.27. The van der Waals surface area contributed by atoms with Crippen LogP contribution in [0.3, 0.4) is 0 Å². The Morgan fingerprint density at radius 1 is 1.09 bits per heavy atom. The van der Waals surface area contributed by atoms with Gasteiger partial charge in [-0.05, 0) is 74.9 Å². The highest BCUT2D eigenvalue weighted by Gasteiger charge is 2.41. The molecule has 2 unspecified atom stereocenters. The Kier molecular flexibility index (Phi) is 8.11. The average Bonchev–Trinajstić information content (AvgIpc) is 3.37. The lowest BCUT2D eigenvalue weighted by Crippen LogP contribution is -2.42. The molecular weight excluding hydrogens is 452 g/mol. The lowest BCUT2D eigenvalue weighted by Gasteiger charge is -2.38. The fourth-order valence-electron chi connectivity index (χ4n) is 5.70. The topological polar surface area (TPSA) is 64.8 Å². The van der Waals surface area contributed by atoms with Crippen LogP contribution in [-0.2, 0) is 11.2 Å². The van der Waals surface area contributed by atoms with Crippen molar-refractivity contribution in [3.8, 4) is 11.5 Å². The van der Waals surface area contributed by atoms with E-state index in [4.69, 9.17) is 14.0 Å². The number of fused-ring (bicyclic) bond motifs is 3. The normalized spacial score (nSPS) is 21.9. The van der Waals surface area contributed by atoms with Crippen molar-refractivity contribution in [2.24, 2.45) is 0 Å². The van der Waals surface area contributed by atoms with E-state index in [1.165, 1.54) is 31.1 Å². The van der Waals surface area contributed by atoms with Crippen molar-refractivity contribution in [1.82, 2.24) is 10.1 Å². The number of nitrogens with zero attached hydrogens (tertiary/aromatic N) is 2. The molecule has 3 aromatic rings. The molecular formula is C27H33ClN2O4. The number of para-hydroxylation sites is 1. The van der Waals surface area contributed by atoms with E-state index >= 15 is 0 Å². The van der Waals surface area contributed by atoms with Crippen molar-refractivity contribution in [2.45, 2.75) is 62.9 Å². The van der Waals surface area contributed by atoms with Gasteiger partial charge in [0, 0.05) is 29.8 Å². The van der Waals surface area contributed by atoms with Crippen molar-refractivity contribution in [3.05, 3.63) is 53.7 Å². The molecule has 3 heterocycles. The molecule has 2 aliphatic heterocycles. The highest BCUT2D eigenvalue weighted by atomic mass is 35.5. The van der Waals surface area contributed by atoms with E-state index in [0.29, 0.717) is 36.8 Å². The Hall–Kier alpha value is -2.57. The molecule has 2 aliphatic rings. The van der Waals surface area contributed by atoms with Gasteiger partial charge in [0.15, 0.2) is 17.1 Å². The Morgan fingerprint density at radius 3 is 2.65 bits per heavy atom. The van der Waals surface area contributed by atoms with E-state index in [-0.39, 0.29) is 12.4 Å². The SMILES string of the molecule is COc1cc(CC=O)ccc1OCCCCN1C2CCC1CC(c1noc3ccccc13)C2.Cl. The minimum atomic E-state index is 0. The smallest absolute Gasteiger partial charge is 0.167 e. The number of piperidine rings is 1. The van der Waals surface area contributed by atoms with Gasteiger partial charge < -0.3 is 18.8 Å². The van der Waals surface area contributed by atoms with Crippen LogP contribution in [0, 0.1) is 0 Å². The number of aromatic nitrogens is 1. The molecule has 2 bridgehead atoms. The van der Waals surface area contributed by atoms with Crippen LogP contribution in [0.1, 0.15) is 55.7 Å². The van der Waals surface area contributed by atoms with Gasteiger partial charge in [-0.25, -0.2) is 0 Å². The number of hydrogen-bond donors (Lipinski definition) is 0. The maximum atomic E-state index is 10.7. The Bertz CT molecular complexity index is 1090. The van der Waals surface area contributed by atoms with Crippen LogP contribution in [0.15, 0.2) is 47.0 Å². The number of carbonyl (C=O) groups excluding carboxylic acids is 1. The minimum Gasteiger partial charge on any atom is -0.493 e. The molecule has 2 atom stereocenters. The predicted molar refractivity (Wildman–Crippen MR) is 134 cm³/mol. The molecule has 182 valence electrons. The number of carbonyl (C=O) groups is 1. The predicted octanol–water partition coefficient (Wildman–Crippen LogP) is 5.57. The van der Waals surface area contributed by atoms with Crippen LogP contribution < -0.4 is 9.47 Å². The molecule has 7 heteroatoms. The standard InChI is InChI=1S/C27H32N2O4.ClH/c1-31-26-16-19(12-14-30)8-11-25(26)32-15-5-4-13-29-21-9-10-22(29)18-20(17-21)27-23-6-2-3-7-24(23)33-28-27;/h2-3,6-8,11,14,16,20-22H,4-5,9-10,12-13,15,17-18H2,1H3;1H. The van der Waals surface area contributed by atoms with Crippen molar-refractivity contribution in [1.29, 1.82) is 0 Å². The number of unbranched alkanes of at least 4 members (excludes halogenated alkanes) is 1. The summed E-state index contributed by atoms with van der Waals surface area (Å²) in [4.78, 5) is 13.5. The molecule has 0 saturated carbocycles. The fraction of sp³-hybridized carbons (Fsp3) is 0.481. The van der Waals surface area contributed by atoms with Gasteiger partial charge in [0.05, 0.1) is 19.4 Å². The van der Waals surface area contributed by atoms with Gasteiger partial charge in [-0.15, -0.1) is 12.4 Å². The van der Waals surface area contributed by atoms with Crippen molar-refractivity contribution >= 4 is 29.7 Å². The van der Waals surface area contributed by atoms with Gasteiger partial charge in [0.2, 0.25) is 0 Å². The van der Waals surface area contributed by atoms with Gasteiger partial charge in [0.25, 0.3) is 0 Å². The van der Waals surface area contributed by atoms with Crippen LogP contribution >= 0.6 is 12.4 Å². The van der Waals surface area contributed by atoms with E-state index in [0.717, 1.165) is 48.3 Å². The highest BCUT2D eigenvalue weighted by molar-refractivity contribution is 5.85. The second kappa shape index (κ2) is 11.2. The lowest BCUT2D eigenvalue weighted by atomic mass is 9.86. The maximum Gasteiger partial charge on any atom is 0.167 e. The molecule has 0 amide bonds. The van der Waals surface area contributed by atoms with Crippen molar-refractivity contribution in [3.63, 3.8) is 0 Å². The van der Waals surface area contributed by atoms with Gasteiger partial charge in [0.1, 0.15) is 6.29 Å². The maximum absolute atomic E-state index is 10.7. The first-order chi connectivity index (χ1) is 16.3. The molecule has 5 rings (SSSR count). The Balaban J connectivity index is 0.00000274. The third-order valence-corrected chi connectivity index (χ3v) is 7.29. The number of benzene rings is 2. The third kappa shape index (κ3) is 5.08. The molecule has 2 saturated heterocycles. The third-order valence-electron chi connectivity index (χ3n) is 7.29. The number of halogens is 1. The zero-order valence-electron chi connectivity index (χ0n) is 19.7. The summed E-state index contributed by atoms with van der Waals surface area (Å²) in [6, 6.07) is 15.2. The largest absolute Gasteiger partial charge is 0.493 e. The molecule has 0 N–H and O–H groups in total. The van der Waals surface area contributed by atoms with Crippen LogP contribution in [0.25, 0.3) is 11.0 Å². The van der Waals surface area contributed by atoms with Gasteiger partial charge >= 0.3 is 0 Å². The number of hydrogen-bond acceptors (Lipinski definition) is 6. The van der Waals surface area contributed by atoms with Crippen LogP contribution in [0.2, 0.25) is 0 Å². The summed E-state index contributed by atoms with van der Waals surface area (Å²) in [7, 11) is 1.63. The lowest BCUT2D eigenvalue weighted by molar-refractivity contribution is -0.107. The summed E-state index contributed by atoms with van der Waals surface area (Å²) >= 11 is 0. The summed E-state index contributed by atoms with van der Waals surface area (Å²) in [6.45, 7) is 1.79. The summed E-state index contributed by atoms with van der Waals surface area (Å²) < 4.78 is 17.0. The van der Waals surface area contributed by atoms with Gasteiger partial charge in [-0.3, -0.25) is 4.90 Å². The Labute approximate surface area is 207 Å². The van der Waals surface area contributed by atoms with Crippen molar-refractivity contribution in [2.75, 3.05) is 20.3 Å². The van der Waals surface area contributed by atoms with E-state index in [1.54, 1.807) is 7.11 Å². The quantitative estimate of drug-likeness (QED) is 0.277. The fourth-order valence-corrected chi connectivity index (χ4v) is 5.70. The molecule has 2 fully saturated rings. The molecule has 2 aromatic carbocycles. The molecule has 0 radical (unpaired) electrons. The summed E-state index contributed by atoms with van der Waals surface area (Å²) in [5, 5.41) is 5.63. The molecule has 34 heavy (non-hydrogen) atoms. The molecule has 0 spiro atoms. The van der Waals surface area contributed by atoms with Crippen LogP contribution in [0.4, 0.5) is 0 Å². The number of ether oxygens (including phenoxy) is 2. The summed E-state index contributed by atoms with van der Waals surface area (Å²) in [6.07, 6.45) is 8.35.